The van der Waals surface area contributed by atoms with Gasteiger partial charge in [0.25, 0.3) is 0 Å². The van der Waals surface area contributed by atoms with Gasteiger partial charge >= 0.3 is 21.7 Å². The SMILES string of the molecule is CC(C)(CCc1ccccc1)OC(=O)NC1CC=C(OS(=O)(=O)C(F)(F)F)CC1. The maximum Gasteiger partial charge on any atom is 0.534 e. The van der Waals surface area contributed by atoms with Crippen LogP contribution in [0, 0.1) is 0 Å². The lowest BCUT2D eigenvalue weighted by Crippen LogP contribution is -2.41. The molecule has 1 aliphatic carbocycles. The Morgan fingerprint density at radius 1 is 1.21 bits per heavy atom. The van der Waals surface area contributed by atoms with Crippen molar-refractivity contribution < 1.29 is 35.3 Å². The van der Waals surface area contributed by atoms with Gasteiger partial charge in [-0.15, -0.1) is 0 Å². The van der Waals surface area contributed by atoms with Crippen LogP contribution in [0.1, 0.15) is 45.1 Å². The normalized spacial score (nSPS) is 18.0. The minimum Gasteiger partial charge on any atom is -0.444 e. The lowest BCUT2D eigenvalue weighted by molar-refractivity contribution is -0.0524. The molecule has 0 saturated heterocycles. The van der Waals surface area contributed by atoms with Crippen LogP contribution in [0.4, 0.5) is 18.0 Å². The van der Waals surface area contributed by atoms with Crippen LogP contribution in [0.2, 0.25) is 0 Å². The van der Waals surface area contributed by atoms with Gasteiger partial charge in [-0.05, 0) is 51.2 Å². The number of benzene rings is 1. The molecule has 1 atom stereocenters. The molecule has 0 radical (unpaired) electrons. The second-order valence-corrected chi connectivity index (χ2v) is 8.94. The molecule has 10 heteroatoms. The number of nitrogens with one attached hydrogen (secondary N) is 1. The highest BCUT2D eigenvalue weighted by molar-refractivity contribution is 7.87. The maximum absolute atomic E-state index is 12.4. The Hall–Kier alpha value is -2.23. The molecule has 1 aliphatic rings. The summed E-state index contributed by atoms with van der Waals surface area (Å²) >= 11 is 0. The third-order valence-electron chi connectivity index (χ3n) is 4.42. The first-order valence-electron chi connectivity index (χ1n) is 9.11. The smallest absolute Gasteiger partial charge is 0.444 e. The van der Waals surface area contributed by atoms with Gasteiger partial charge in [-0.25, -0.2) is 4.79 Å². The van der Waals surface area contributed by atoms with Gasteiger partial charge in [0, 0.05) is 12.5 Å². The van der Waals surface area contributed by atoms with Crippen molar-refractivity contribution in [2.24, 2.45) is 0 Å². The Morgan fingerprint density at radius 2 is 1.86 bits per heavy atom. The van der Waals surface area contributed by atoms with Crippen LogP contribution in [0.15, 0.2) is 42.2 Å². The molecule has 162 valence electrons. The summed E-state index contributed by atoms with van der Waals surface area (Å²) in [5.74, 6) is -0.281. The number of ether oxygens (including phenoxy) is 1. The van der Waals surface area contributed by atoms with Gasteiger partial charge in [-0.1, -0.05) is 30.3 Å². The quantitative estimate of drug-likeness (QED) is 0.506. The minimum absolute atomic E-state index is 0.0440. The van der Waals surface area contributed by atoms with E-state index in [4.69, 9.17) is 4.74 Å². The van der Waals surface area contributed by atoms with Crippen LogP contribution in [0.25, 0.3) is 0 Å². The van der Waals surface area contributed by atoms with Crippen molar-refractivity contribution in [1.29, 1.82) is 0 Å². The lowest BCUT2D eigenvalue weighted by atomic mass is 9.98. The van der Waals surface area contributed by atoms with E-state index < -0.39 is 27.3 Å². The van der Waals surface area contributed by atoms with E-state index in [1.165, 1.54) is 6.08 Å². The number of allylic oxidation sites excluding steroid dienone is 1. The third-order valence-corrected chi connectivity index (χ3v) is 5.42. The fourth-order valence-corrected chi connectivity index (χ4v) is 3.32. The minimum atomic E-state index is -5.67. The van der Waals surface area contributed by atoms with Gasteiger partial charge < -0.3 is 14.2 Å². The van der Waals surface area contributed by atoms with Crippen molar-refractivity contribution in [1.82, 2.24) is 5.32 Å². The molecule has 0 saturated carbocycles. The Labute approximate surface area is 168 Å². The number of rotatable bonds is 7. The fraction of sp³-hybridized carbons (Fsp3) is 0.526. The van der Waals surface area contributed by atoms with Crippen LogP contribution in [0.5, 0.6) is 0 Å². The first kappa shape index (κ1) is 23.1. The molecule has 29 heavy (non-hydrogen) atoms. The maximum atomic E-state index is 12.4. The molecule has 1 aromatic rings. The predicted octanol–water partition coefficient (Wildman–Crippen LogP) is 4.43. The highest BCUT2D eigenvalue weighted by Crippen LogP contribution is 2.30. The van der Waals surface area contributed by atoms with Crippen LogP contribution >= 0.6 is 0 Å². The highest BCUT2D eigenvalue weighted by atomic mass is 32.2. The average Bonchev–Trinajstić information content (AvgIpc) is 2.61. The molecule has 1 aromatic carbocycles. The number of alkyl carbamates (subject to hydrolysis) is 1. The lowest BCUT2D eigenvalue weighted by Gasteiger charge is -2.28. The second kappa shape index (κ2) is 9.06. The summed E-state index contributed by atoms with van der Waals surface area (Å²) in [6.45, 7) is 3.59. The zero-order chi connectivity index (χ0) is 21.7. The zero-order valence-electron chi connectivity index (χ0n) is 16.2. The molecule has 0 spiro atoms. The molecule has 0 heterocycles. The van der Waals surface area contributed by atoms with Crippen molar-refractivity contribution in [2.75, 3.05) is 0 Å². The Balaban J connectivity index is 1.80. The van der Waals surface area contributed by atoms with E-state index in [0.29, 0.717) is 6.42 Å². The fourth-order valence-electron chi connectivity index (χ4n) is 2.79. The number of carbonyl (C=O) groups excluding carboxylic acids is 1. The first-order chi connectivity index (χ1) is 13.4. The number of hydrogen-bond donors (Lipinski definition) is 1. The highest BCUT2D eigenvalue weighted by Gasteiger charge is 2.49. The van der Waals surface area contributed by atoms with Crippen LogP contribution in [-0.4, -0.2) is 31.7 Å². The number of hydrogen-bond acceptors (Lipinski definition) is 5. The van der Waals surface area contributed by atoms with Gasteiger partial charge in [0.2, 0.25) is 0 Å². The zero-order valence-corrected chi connectivity index (χ0v) is 17.0. The largest absolute Gasteiger partial charge is 0.534 e. The van der Waals surface area contributed by atoms with Crippen LogP contribution in [-0.2, 0) is 25.5 Å². The number of alkyl halides is 3. The Bertz CT molecular complexity index is 835. The number of carbonyl (C=O) groups is 1. The molecule has 1 amide bonds. The standard InChI is InChI=1S/C19H24F3NO5S/c1-18(2,13-12-14-6-4-3-5-7-14)27-17(24)23-15-8-10-16(11-9-15)28-29(25,26)19(20,21)22/h3-7,10,15H,8-9,11-13H2,1-2H3,(H,23,24). The van der Waals surface area contributed by atoms with E-state index in [1.807, 2.05) is 30.3 Å². The van der Waals surface area contributed by atoms with Crippen molar-refractivity contribution >= 4 is 16.2 Å². The molecule has 0 bridgehead atoms. The average molecular weight is 435 g/mol. The van der Waals surface area contributed by atoms with Crippen LogP contribution in [0.3, 0.4) is 0 Å². The van der Waals surface area contributed by atoms with E-state index in [9.17, 15) is 26.4 Å². The summed E-state index contributed by atoms with van der Waals surface area (Å²) in [6, 6.07) is 9.39. The van der Waals surface area contributed by atoms with E-state index >= 15 is 0 Å². The summed E-state index contributed by atoms with van der Waals surface area (Å²) in [5.41, 5.74) is -5.05. The molecular formula is C19H24F3NO5S. The number of aryl methyl sites for hydroxylation is 1. The number of halogens is 3. The summed E-state index contributed by atoms with van der Waals surface area (Å²) < 4.78 is 68.7. The number of amides is 1. The second-order valence-electron chi connectivity index (χ2n) is 7.40. The molecule has 1 N–H and O–H groups in total. The molecule has 0 fully saturated rings. The summed E-state index contributed by atoms with van der Waals surface area (Å²) in [7, 11) is -5.67. The molecule has 2 rings (SSSR count). The van der Waals surface area contributed by atoms with Gasteiger partial charge in [-0.3, -0.25) is 0 Å². The summed E-state index contributed by atoms with van der Waals surface area (Å²) in [5, 5.41) is 2.65. The van der Waals surface area contributed by atoms with Gasteiger partial charge in [-0.2, -0.15) is 21.6 Å². The summed E-state index contributed by atoms with van der Waals surface area (Å²) in [6.07, 6.45) is 2.29. The summed E-state index contributed by atoms with van der Waals surface area (Å²) in [4.78, 5) is 12.2. The third kappa shape index (κ3) is 7.26. The van der Waals surface area contributed by atoms with E-state index in [0.717, 1.165) is 12.0 Å². The monoisotopic (exact) mass is 435 g/mol. The molecule has 1 unspecified atom stereocenters. The van der Waals surface area contributed by atoms with Gasteiger partial charge in [0.1, 0.15) is 11.4 Å². The molecule has 6 nitrogen and oxygen atoms in total. The molecule has 0 aliphatic heterocycles. The van der Waals surface area contributed by atoms with E-state index in [-0.39, 0.29) is 31.1 Å². The van der Waals surface area contributed by atoms with Crippen molar-refractivity contribution in [3.63, 3.8) is 0 Å². The van der Waals surface area contributed by atoms with E-state index in [1.54, 1.807) is 13.8 Å². The van der Waals surface area contributed by atoms with E-state index in [2.05, 4.69) is 9.50 Å². The van der Waals surface area contributed by atoms with Crippen molar-refractivity contribution in [3.8, 4) is 0 Å². The topological polar surface area (TPSA) is 81.7 Å². The van der Waals surface area contributed by atoms with Crippen molar-refractivity contribution in [3.05, 3.63) is 47.7 Å². The predicted molar refractivity (Wildman–Crippen MR) is 100 cm³/mol. The van der Waals surface area contributed by atoms with Crippen LogP contribution < -0.4 is 5.32 Å². The first-order valence-corrected chi connectivity index (χ1v) is 10.5. The molecular weight excluding hydrogens is 411 g/mol. The van der Waals surface area contributed by atoms with Gasteiger partial charge in [0.15, 0.2) is 0 Å². The Kier molecular flexibility index (Phi) is 7.20. The van der Waals surface area contributed by atoms with Crippen molar-refractivity contribution in [2.45, 2.75) is 63.1 Å². The van der Waals surface area contributed by atoms with Gasteiger partial charge in [0.05, 0.1) is 0 Å². The Morgan fingerprint density at radius 3 is 2.41 bits per heavy atom. The molecule has 0 aromatic heterocycles.